The maximum atomic E-state index is 12.8. The van der Waals surface area contributed by atoms with Crippen LogP contribution in [0.3, 0.4) is 0 Å². The average Bonchev–Trinajstić information content (AvgIpc) is 2.50. The van der Waals surface area contributed by atoms with Gasteiger partial charge in [0.05, 0.1) is 0 Å². The van der Waals surface area contributed by atoms with E-state index in [9.17, 15) is 19.1 Å². The Bertz CT molecular complexity index is 719. The Hall–Kier alpha value is -2.95. The molecule has 0 aliphatic heterocycles. The van der Waals surface area contributed by atoms with E-state index in [1.165, 1.54) is 12.1 Å². The van der Waals surface area contributed by atoms with E-state index in [-0.39, 0.29) is 5.56 Å². The molecule has 0 unspecified atom stereocenters. The highest BCUT2D eigenvalue weighted by atomic mass is 19.1. The summed E-state index contributed by atoms with van der Waals surface area (Å²) in [6, 6.07) is 11.9. The molecule has 112 valence electrons. The highest BCUT2D eigenvalue weighted by Crippen LogP contribution is 2.13. The molecule has 1 amide bonds. The lowest BCUT2D eigenvalue weighted by Crippen LogP contribution is -2.21. The van der Waals surface area contributed by atoms with Crippen molar-refractivity contribution in [2.75, 3.05) is 5.32 Å². The van der Waals surface area contributed by atoms with Gasteiger partial charge in [0, 0.05) is 17.3 Å². The molecule has 22 heavy (non-hydrogen) atoms. The van der Waals surface area contributed by atoms with Crippen molar-refractivity contribution in [3.05, 3.63) is 71.6 Å². The number of amides is 1. The van der Waals surface area contributed by atoms with E-state index in [0.29, 0.717) is 5.69 Å². The first-order valence-corrected chi connectivity index (χ1v) is 6.54. The highest BCUT2D eigenvalue weighted by Gasteiger charge is 2.13. The molecule has 5 heteroatoms. The number of carbonyl (C=O) groups excluding carboxylic acids is 2. The van der Waals surface area contributed by atoms with Crippen molar-refractivity contribution >= 4 is 23.1 Å². The highest BCUT2D eigenvalue weighted by molar-refractivity contribution is 6.45. The summed E-state index contributed by atoms with van der Waals surface area (Å²) in [5, 5.41) is 12.2. The Labute approximate surface area is 126 Å². The minimum Gasteiger partial charge on any atom is -0.507 e. The average molecular weight is 299 g/mol. The molecule has 0 aliphatic rings. The third-order valence-electron chi connectivity index (χ3n) is 2.94. The summed E-state index contributed by atoms with van der Waals surface area (Å²) in [6.07, 6.45) is 0.802. The molecule has 0 aromatic heterocycles. The lowest BCUT2D eigenvalue weighted by molar-refractivity contribution is -0.131. The Balaban J connectivity index is 2.07. The van der Waals surface area contributed by atoms with Gasteiger partial charge in [-0.15, -0.1) is 0 Å². The zero-order chi connectivity index (χ0) is 16.1. The van der Waals surface area contributed by atoms with Crippen LogP contribution in [-0.2, 0) is 9.59 Å². The molecule has 0 saturated heterocycles. The minimum atomic E-state index is -0.901. The van der Waals surface area contributed by atoms with Crippen molar-refractivity contribution < 1.29 is 19.1 Å². The van der Waals surface area contributed by atoms with Crippen LogP contribution in [-0.4, -0.2) is 16.8 Å². The van der Waals surface area contributed by atoms with Crippen molar-refractivity contribution in [2.45, 2.75) is 6.92 Å². The third kappa shape index (κ3) is 4.02. The number of aliphatic hydroxyl groups is 1. The summed E-state index contributed by atoms with van der Waals surface area (Å²) >= 11 is 0. The maximum Gasteiger partial charge on any atom is 0.296 e. The monoisotopic (exact) mass is 299 g/mol. The normalized spacial score (nSPS) is 11.1. The van der Waals surface area contributed by atoms with E-state index in [4.69, 9.17) is 0 Å². The van der Waals surface area contributed by atoms with Gasteiger partial charge in [0.25, 0.3) is 5.91 Å². The second-order valence-corrected chi connectivity index (χ2v) is 4.72. The Morgan fingerprint density at radius 1 is 1.05 bits per heavy atom. The maximum absolute atomic E-state index is 12.8. The fourth-order valence-electron chi connectivity index (χ4n) is 1.72. The molecule has 4 nitrogen and oxygen atoms in total. The molecule has 2 N–H and O–H groups in total. The van der Waals surface area contributed by atoms with Gasteiger partial charge < -0.3 is 10.4 Å². The number of aryl methyl sites for hydroxylation is 1. The van der Waals surface area contributed by atoms with Crippen LogP contribution in [0.15, 0.2) is 54.6 Å². The summed E-state index contributed by atoms with van der Waals surface area (Å²) in [4.78, 5) is 23.5. The standard InChI is InChI=1S/C17H14FNO3/c1-11-2-8-14(9-3-11)19-17(22)16(21)10-15(20)12-4-6-13(18)7-5-12/h2-10,20H,1H3,(H,19,22)/b15-10-. The smallest absolute Gasteiger partial charge is 0.296 e. The predicted octanol–water partition coefficient (Wildman–Crippen LogP) is 3.24. The molecule has 0 fully saturated rings. The number of hydrogen-bond donors (Lipinski definition) is 2. The molecule has 0 spiro atoms. The fraction of sp³-hybridized carbons (Fsp3) is 0.0588. The topological polar surface area (TPSA) is 66.4 Å². The van der Waals surface area contributed by atoms with E-state index in [0.717, 1.165) is 23.8 Å². The first kappa shape index (κ1) is 15.4. The fourth-order valence-corrected chi connectivity index (χ4v) is 1.72. The third-order valence-corrected chi connectivity index (χ3v) is 2.94. The first-order valence-electron chi connectivity index (χ1n) is 6.54. The molecule has 0 saturated carbocycles. The molecule has 0 bridgehead atoms. The summed E-state index contributed by atoms with van der Waals surface area (Å²) in [6.45, 7) is 1.90. The summed E-state index contributed by atoms with van der Waals surface area (Å²) in [7, 11) is 0. The van der Waals surface area contributed by atoms with Gasteiger partial charge in [-0.25, -0.2) is 4.39 Å². The molecule has 0 radical (unpaired) electrons. The van der Waals surface area contributed by atoms with Crippen LogP contribution in [0, 0.1) is 12.7 Å². The van der Waals surface area contributed by atoms with Gasteiger partial charge in [-0.3, -0.25) is 9.59 Å². The molecule has 2 aromatic rings. The Morgan fingerprint density at radius 3 is 2.23 bits per heavy atom. The summed E-state index contributed by atoms with van der Waals surface area (Å²) in [5.74, 6) is -2.62. The molecule has 0 heterocycles. The van der Waals surface area contributed by atoms with Crippen LogP contribution in [0.2, 0.25) is 0 Å². The zero-order valence-electron chi connectivity index (χ0n) is 11.8. The largest absolute Gasteiger partial charge is 0.507 e. The van der Waals surface area contributed by atoms with Crippen LogP contribution < -0.4 is 5.32 Å². The minimum absolute atomic E-state index is 0.248. The molecule has 0 atom stereocenters. The molecular formula is C17H14FNO3. The van der Waals surface area contributed by atoms with Crippen molar-refractivity contribution in [3.8, 4) is 0 Å². The van der Waals surface area contributed by atoms with Crippen LogP contribution in [0.4, 0.5) is 10.1 Å². The van der Waals surface area contributed by atoms with E-state index in [2.05, 4.69) is 5.32 Å². The first-order chi connectivity index (χ1) is 10.5. The number of ketones is 1. The van der Waals surface area contributed by atoms with Crippen LogP contribution in [0.25, 0.3) is 5.76 Å². The van der Waals surface area contributed by atoms with Gasteiger partial charge in [-0.2, -0.15) is 0 Å². The van der Waals surface area contributed by atoms with E-state index in [1.807, 2.05) is 6.92 Å². The number of hydrogen-bond acceptors (Lipinski definition) is 3. The van der Waals surface area contributed by atoms with Gasteiger partial charge in [0.15, 0.2) is 0 Å². The lowest BCUT2D eigenvalue weighted by Gasteiger charge is -2.04. The second-order valence-electron chi connectivity index (χ2n) is 4.72. The number of nitrogens with one attached hydrogen (secondary N) is 1. The van der Waals surface area contributed by atoms with E-state index >= 15 is 0 Å². The summed E-state index contributed by atoms with van der Waals surface area (Å²) < 4.78 is 12.8. The van der Waals surface area contributed by atoms with Crippen LogP contribution in [0.5, 0.6) is 0 Å². The van der Waals surface area contributed by atoms with Crippen LogP contribution >= 0.6 is 0 Å². The zero-order valence-corrected chi connectivity index (χ0v) is 11.8. The van der Waals surface area contributed by atoms with E-state index < -0.39 is 23.3 Å². The van der Waals surface area contributed by atoms with Gasteiger partial charge in [0.2, 0.25) is 5.78 Å². The van der Waals surface area contributed by atoms with Gasteiger partial charge in [-0.1, -0.05) is 17.7 Å². The summed E-state index contributed by atoms with van der Waals surface area (Å²) in [5.41, 5.74) is 1.76. The number of benzene rings is 2. The number of aliphatic hydroxyl groups excluding tert-OH is 1. The number of rotatable bonds is 4. The Kier molecular flexibility index (Phi) is 4.68. The van der Waals surface area contributed by atoms with Gasteiger partial charge in [-0.05, 0) is 43.3 Å². The number of halogens is 1. The van der Waals surface area contributed by atoms with E-state index in [1.54, 1.807) is 24.3 Å². The molecule has 0 aliphatic carbocycles. The SMILES string of the molecule is Cc1ccc(NC(=O)C(=O)/C=C(\O)c2ccc(F)cc2)cc1. The number of carbonyl (C=O) groups is 2. The number of anilines is 1. The quantitative estimate of drug-likeness (QED) is 0.517. The lowest BCUT2D eigenvalue weighted by atomic mass is 10.1. The van der Waals surface area contributed by atoms with Crippen molar-refractivity contribution in [2.24, 2.45) is 0 Å². The Morgan fingerprint density at radius 2 is 1.64 bits per heavy atom. The molecule has 2 rings (SSSR count). The predicted molar refractivity (Wildman–Crippen MR) is 81.8 cm³/mol. The van der Waals surface area contributed by atoms with Gasteiger partial charge in [0.1, 0.15) is 11.6 Å². The second kappa shape index (κ2) is 6.67. The van der Waals surface area contributed by atoms with Crippen molar-refractivity contribution in [3.63, 3.8) is 0 Å². The van der Waals surface area contributed by atoms with Crippen LogP contribution in [0.1, 0.15) is 11.1 Å². The molecule has 2 aromatic carbocycles. The van der Waals surface area contributed by atoms with Crippen molar-refractivity contribution in [1.29, 1.82) is 0 Å². The molecular weight excluding hydrogens is 285 g/mol. The van der Waals surface area contributed by atoms with Crippen molar-refractivity contribution in [1.82, 2.24) is 0 Å². The van der Waals surface area contributed by atoms with Gasteiger partial charge >= 0.3 is 0 Å².